The van der Waals surface area contributed by atoms with E-state index in [1.54, 1.807) is 53.3 Å². The lowest BCUT2D eigenvalue weighted by Gasteiger charge is -2.10. The molecule has 0 radical (unpaired) electrons. The molecule has 0 aliphatic heterocycles. The molecule has 0 aliphatic carbocycles. The van der Waals surface area contributed by atoms with Crippen LogP contribution in [0.15, 0.2) is 54.7 Å². The zero-order valence-corrected chi connectivity index (χ0v) is 15.2. The van der Waals surface area contributed by atoms with Crippen molar-refractivity contribution in [3.05, 3.63) is 76.2 Å². The molecular weight excluding hydrogens is 382 g/mol. The molecule has 4 nitrogen and oxygen atoms in total. The van der Waals surface area contributed by atoms with Crippen LogP contribution in [0.2, 0.25) is 10.0 Å². The molecule has 0 fully saturated rings. The molecule has 0 bridgehead atoms. The summed E-state index contributed by atoms with van der Waals surface area (Å²) in [5.74, 6) is 0.271. The first kappa shape index (κ1) is 17.7. The standard InChI is InChI=1S/C17H13Cl2FN4S/c18-12-5-3-7-14(16(12)19)21-17(25)22-15-8-9-24(23-15)10-11-4-1-2-6-13(11)20/h1-9H,10H2,(H2,21,22,23,25). The minimum atomic E-state index is -0.264. The van der Waals surface area contributed by atoms with Gasteiger partial charge in [0.1, 0.15) is 5.82 Å². The van der Waals surface area contributed by atoms with Crippen LogP contribution in [0.1, 0.15) is 5.56 Å². The quantitative estimate of drug-likeness (QED) is 0.597. The van der Waals surface area contributed by atoms with Crippen molar-refractivity contribution in [1.29, 1.82) is 0 Å². The molecule has 3 rings (SSSR count). The normalized spacial score (nSPS) is 10.5. The number of nitrogens with zero attached hydrogens (tertiary/aromatic N) is 2. The molecule has 0 spiro atoms. The predicted octanol–water partition coefficient (Wildman–Crippen LogP) is 5.19. The number of hydrogen-bond acceptors (Lipinski definition) is 2. The summed E-state index contributed by atoms with van der Waals surface area (Å²) in [6, 6.07) is 13.5. The van der Waals surface area contributed by atoms with Gasteiger partial charge in [0, 0.05) is 17.8 Å². The third-order valence-corrected chi connectivity index (χ3v) is 4.40. The molecule has 3 aromatic rings. The fraction of sp³-hybridized carbons (Fsp3) is 0.0588. The Kier molecular flexibility index (Phi) is 5.53. The lowest BCUT2D eigenvalue weighted by atomic mass is 10.2. The van der Waals surface area contributed by atoms with Crippen molar-refractivity contribution < 1.29 is 4.39 Å². The molecule has 8 heteroatoms. The Labute approximate surface area is 159 Å². The van der Waals surface area contributed by atoms with Gasteiger partial charge in [-0.05, 0) is 30.4 Å². The molecule has 25 heavy (non-hydrogen) atoms. The van der Waals surface area contributed by atoms with Crippen LogP contribution in [-0.4, -0.2) is 14.9 Å². The van der Waals surface area contributed by atoms with Gasteiger partial charge < -0.3 is 10.6 Å². The molecule has 1 aromatic heterocycles. The van der Waals surface area contributed by atoms with Crippen molar-refractivity contribution in [3.8, 4) is 0 Å². The highest BCUT2D eigenvalue weighted by atomic mass is 35.5. The van der Waals surface area contributed by atoms with E-state index in [0.717, 1.165) is 0 Å². The molecule has 2 aromatic carbocycles. The molecule has 0 unspecified atom stereocenters. The first-order valence-electron chi connectivity index (χ1n) is 7.32. The fourth-order valence-electron chi connectivity index (χ4n) is 2.19. The van der Waals surface area contributed by atoms with Gasteiger partial charge in [-0.15, -0.1) is 0 Å². The third kappa shape index (κ3) is 4.48. The number of benzene rings is 2. The molecule has 2 N–H and O–H groups in total. The topological polar surface area (TPSA) is 41.9 Å². The second-order valence-corrected chi connectivity index (χ2v) is 6.36. The van der Waals surface area contributed by atoms with E-state index in [2.05, 4.69) is 15.7 Å². The van der Waals surface area contributed by atoms with E-state index in [1.807, 2.05) is 0 Å². The van der Waals surface area contributed by atoms with Crippen molar-refractivity contribution in [2.24, 2.45) is 0 Å². The molecule has 128 valence electrons. The molecule has 0 saturated heterocycles. The number of thiocarbonyl (C=S) groups is 1. The predicted molar refractivity (Wildman–Crippen MR) is 104 cm³/mol. The zero-order valence-electron chi connectivity index (χ0n) is 12.8. The van der Waals surface area contributed by atoms with E-state index in [1.165, 1.54) is 6.07 Å². The zero-order chi connectivity index (χ0) is 17.8. The maximum Gasteiger partial charge on any atom is 0.176 e. The summed E-state index contributed by atoms with van der Waals surface area (Å²) in [5.41, 5.74) is 1.15. The van der Waals surface area contributed by atoms with Crippen LogP contribution < -0.4 is 10.6 Å². The number of hydrogen-bond donors (Lipinski definition) is 2. The highest BCUT2D eigenvalue weighted by molar-refractivity contribution is 7.80. The summed E-state index contributed by atoms with van der Waals surface area (Å²) in [4.78, 5) is 0. The van der Waals surface area contributed by atoms with Crippen LogP contribution in [0.5, 0.6) is 0 Å². The van der Waals surface area contributed by atoms with Gasteiger partial charge in [-0.1, -0.05) is 47.5 Å². The van der Waals surface area contributed by atoms with E-state index < -0.39 is 0 Å². The summed E-state index contributed by atoms with van der Waals surface area (Å²) in [6.07, 6.45) is 1.74. The second-order valence-electron chi connectivity index (χ2n) is 5.17. The van der Waals surface area contributed by atoms with Crippen LogP contribution in [0.25, 0.3) is 0 Å². The minimum absolute atomic E-state index is 0.264. The van der Waals surface area contributed by atoms with E-state index in [4.69, 9.17) is 35.4 Å². The Bertz CT molecular complexity index is 913. The summed E-state index contributed by atoms with van der Waals surface area (Å²) in [6.45, 7) is 0.328. The number of halogens is 3. The first-order valence-corrected chi connectivity index (χ1v) is 8.48. The summed E-state index contributed by atoms with van der Waals surface area (Å²) in [7, 11) is 0. The van der Waals surface area contributed by atoms with Crippen molar-refractivity contribution >= 4 is 52.0 Å². The largest absolute Gasteiger partial charge is 0.331 e. The van der Waals surface area contributed by atoms with Gasteiger partial charge in [0.05, 0.1) is 22.3 Å². The third-order valence-electron chi connectivity index (χ3n) is 3.37. The van der Waals surface area contributed by atoms with Gasteiger partial charge in [0.25, 0.3) is 0 Å². The maximum atomic E-state index is 13.7. The van der Waals surface area contributed by atoms with Crippen LogP contribution in [0, 0.1) is 5.82 Å². The highest BCUT2D eigenvalue weighted by Gasteiger charge is 2.08. The van der Waals surface area contributed by atoms with Crippen molar-refractivity contribution in [2.75, 3.05) is 10.6 Å². The molecule has 1 heterocycles. The van der Waals surface area contributed by atoms with Crippen molar-refractivity contribution in [1.82, 2.24) is 9.78 Å². The first-order chi connectivity index (χ1) is 12.0. The lowest BCUT2D eigenvalue weighted by molar-refractivity contribution is 0.586. The van der Waals surface area contributed by atoms with E-state index >= 15 is 0 Å². The van der Waals surface area contributed by atoms with Crippen LogP contribution in [0.4, 0.5) is 15.9 Å². The summed E-state index contributed by atoms with van der Waals surface area (Å²) >= 11 is 17.3. The minimum Gasteiger partial charge on any atom is -0.331 e. The van der Waals surface area contributed by atoms with Gasteiger partial charge in [0.15, 0.2) is 10.9 Å². The molecule has 0 amide bonds. The smallest absolute Gasteiger partial charge is 0.176 e. The van der Waals surface area contributed by atoms with Gasteiger partial charge >= 0.3 is 0 Å². The maximum absolute atomic E-state index is 13.7. The van der Waals surface area contributed by atoms with Crippen LogP contribution in [0.3, 0.4) is 0 Å². The fourth-order valence-corrected chi connectivity index (χ4v) is 2.75. The molecule has 0 saturated carbocycles. The summed E-state index contributed by atoms with van der Waals surface area (Å²) in [5, 5.41) is 11.4. The van der Waals surface area contributed by atoms with Crippen molar-refractivity contribution in [3.63, 3.8) is 0 Å². The van der Waals surface area contributed by atoms with E-state index in [0.29, 0.717) is 38.8 Å². The Hall–Kier alpha value is -2.15. The molecule has 0 aliphatic rings. The van der Waals surface area contributed by atoms with Gasteiger partial charge in [-0.3, -0.25) is 4.68 Å². The van der Waals surface area contributed by atoms with Gasteiger partial charge in [0.2, 0.25) is 0 Å². The molecule has 0 atom stereocenters. The SMILES string of the molecule is Fc1ccccc1Cn1ccc(NC(=S)Nc2cccc(Cl)c2Cl)n1. The molecular formula is C17H13Cl2FN4S. The average molecular weight is 395 g/mol. The number of anilines is 2. The van der Waals surface area contributed by atoms with Crippen LogP contribution >= 0.6 is 35.4 Å². The monoisotopic (exact) mass is 394 g/mol. The van der Waals surface area contributed by atoms with Gasteiger partial charge in [-0.25, -0.2) is 4.39 Å². The Morgan fingerprint density at radius 2 is 1.88 bits per heavy atom. The number of rotatable bonds is 4. The number of aromatic nitrogens is 2. The lowest BCUT2D eigenvalue weighted by Crippen LogP contribution is -2.19. The Morgan fingerprint density at radius 1 is 1.08 bits per heavy atom. The highest BCUT2D eigenvalue weighted by Crippen LogP contribution is 2.29. The Morgan fingerprint density at radius 3 is 2.68 bits per heavy atom. The summed E-state index contributed by atoms with van der Waals surface area (Å²) < 4.78 is 15.3. The Balaban J connectivity index is 1.64. The van der Waals surface area contributed by atoms with E-state index in [-0.39, 0.29) is 5.82 Å². The van der Waals surface area contributed by atoms with Gasteiger partial charge in [-0.2, -0.15) is 5.10 Å². The van der Waals surface area contributed by atoms with Crippen LogP contribution in [-0.2, 0) is 6.54 Å². The van der Waals surface area contributed by atoms with E-state index in [9.17, 15) is 4.39 Å². The average Bonchev–Trinajstić information content (AvgIpc) is 3.01. The number of nitrogens with one attached hydrogen (secondary N) is 2. The second kappa shape index (κ2) is 7.82. The van der Waals surface area contributed by atoms with Crippen molar-refractivity contribution in [2.45, 2.75) is 6.54 Å².